The molecule has 3 aromatic rings. The van der Waals surface area contributed by atoms with E-state index in [4.69, 9.17) is 14.2 Å². The third-order valence-electron chi connectivity index (χ3n) is 5.18. The van der Waals surface area contributed by atoms with Gasteiger partial charge >= 0.3 is 5.97 Å². The Morgan fingerprint density at radius 2 is 1.74 bits per heavy atom. The van der Waals surface area contributed by atoms with Crippen molar-refractivity contribution < 1.29 is 19.0 Å². The monoisotopic (exact) mass is 414 g/mol. The first-order valence-electron chi connectivity index (χ1n) is 10.7. The second-order valence-electron chi connectivity index (χ2n) is 7.45. The van der Waals surface area contributed by atoms with E-state index in [9.17, 15) is 4.79 Å². The molecule has 4 nitrogen and oxygen atoms in total. The lowest BCUT2D eigenvalue weighted by Crippen LogP contribution is -2.06. The van der Waals surface area contributed by atoms with E-state index in [1.165, 1.54) is 5.56 Å². The number of para-hydroxylation sites is 1. The molecule has 1 aliphatic rings. The average molecular weight is 415 g/mol. The maximum atomic E-state index is 11.9. The van der Waals surface area contributed by atoms with Crippen LogP contribution < -0.4 is 9.47 Å². The number of fused-ring (bicyclic) bond motifs is 1. The summed E-state index contributed by atoms with van der Waals surface area (Å²) < 4.78 is 17.0. The van der Waals surface area contributed by atoms with Crippen molar-refractivity contribution in [1.82, 2.24) is 0 Å². The molecule has 0 atom stereocenters. The normalized spacial score (nSPS) is 14.0. The number of rotatable bonds is 7. The average Bonchev–Trinajstić information content (AvgIpc) is 2.79. The highest BCUT2D eigenvalue weighted by Gasteiger charge is 2.16. The van der Waals surface area contributed by atoms with Gasteiger partial charge in [0.25, 0.3) is 0 Å². The molecule has 0 amide bonds. The second kappa shape index (κ2) is 9.98. The number of carbonyl (C=O) groups is 1. The lowest BCUT2D eigenvalue weighted by atomic mass is 9.87. The molecule has 0 spiro atoms. The summed E-state index contributed by atoms with van der Waals surface area (Å²) in [6.45, 7) is 2.66. The molecule has 0 bridgehead atoms. The molecule has 0 unspecified atom stereocenters. The molecule has 4 heteroatoms. The molecule has 158 valence electrons. The molecule has 0 aromatic heterocycles. The molecule has 0 saturated heterocycles. The van der Waals surface area contributed by atoms with Gasteiger partial charge in [0.05, 0.1) is 6.61 Å². The first-order valence-corrected chi connectivity index (χ1v) is 10.7. The maximum absolute atomic E-state index is 11.9. The van der Waals surface area contributed by atoms with E-state index >= 15 is 0 Å². The second-order valence-corrected chi connectivity index (χ2v) is 7.45. The predicted octanol–water partition coefficient (Wildman–Crippen LogP) is 6.34. The van der Waals surface area contributed by atoms with Crippen LogP contribution in [0.2, 0.25) is 0 Å². The van der Waals surface area contributed by atoms with E-state index in [-0.39, 0.29) is 5.97 Å². The zero-order valence-electron chi connectivity index (χ0n) is 17.7. The minimum Gasteiger partial charge on any atom is -0.489 e. The molecule has 0 fully saturated rings. The third kappa shape index (κ3) is 5.54. The summed E-state index contributed by atoms with van der Waals surface area (Å²) >= 11 is 0. The fourth-order valence-electron chi connectivity index (χ4n) is 3.75. The van der Waals surface area contributed by atoms with Crippen LogP contribution in [-0.2, 0) is 22.6 Å². The molecule has 3 aromatic carbocycles. The predicted molar refractivity (Wildman–Crippen MR) is 121 cm³/mol. The fourth-order valence-corrected chi connectivity index (χ4v) is 3.75. The Morgan fingerprint density at radius 3 is 2.58 bits per heavy atom. The summed E-state index contributed by atoms with van der Waals surface area (Å²) in [6, 6.07) is 23.7. The Morgan fingerprint density at radius 1 is 0.903 bits per heavy atom. The van der Waals surface area contributed by atoms with Crippen LogP contribution in [0.25, 0.3) is 5.57 Å². The van der Waals surface area contributed by atoms with E-state index in [0.29, 0.717) is 13.2 Å². The molecule has 1 aliphatic carbocycles. The quantitative estimate of drug-likeness (QED) is 0.334. The molecule has 0 saturated carbocycles. The van der Waals surface area contributed by atoms with Crippen molar-refractivity contribution in [3.05, 3.63) is 95.6 Å². The molecule has 31 heavy (non-hydrogen) atoms. The van der Waals surface area contributed by atoms with E-state index in [2.05, 4.69) is 6.07 Å². The highest BCUT2D eigenvalue weighted by atomic mass is 16.5. The molecule has 0 aliphatic heterocycles. The van der Waals surface area contributed by atoms with Crippen molar-refractivity contribution in [2.45, 2.75) is 32.8 Å². The SMILES string of the molecule is CCOC(=O)/C=C1\CCCc2cc(OCc3cccc(Oc4ccccc4)c3)ccc21. The highest BCUT2D eigenvalue weighted by molar-refractivity contribution is 5.92. The molecular weight excluding hydrogens is 388 g/mol. The van der Waals surface area contributed by atoms with Gasteiger partial charge in [-0.25, -0.2) is 4.79 Å². The standard InChI is InChI=1S/C27H26O4/c1-2-29-27(28)18-22-10-7-9-21-17-24(14-15-26(21)22)30-19-20-8-6-13-25(16-20)31-23-11-4-3-5-12-23/h3-6,8,11-18H,2,7,9-10,19H2,1H3/b22-18+. The van der Waals surface area contributed by atoms with Gasteiger partial charge in [0.15, 0.2) is 0 Å². The van der Waals surface area contributed by atoms with Gasteiger partial charge in [-0.15, -0.1) is 0 Å². The van der Waals surface area contributed by atoms with Crippen LogP contribution in [0.3, 0.4) is 0 Å². The topological polar surface area (TPSA) is 44.8 Å². The molecule has 0 N–H and O–H groups in total. The Bertz CT molecular complexity index is 1070. The molecular formula is C27H26O4. The lowest BCUT2D eigenvalue weighted by molar-refractivity contribution is -0.137. The smallest absolute Gasteiger partial charge is 0.331 e. The van der Waals surface area contributed by atoms with Crippen molar-refractivity contribution >= 4 is 11.5 Å². The van der Waals surface area contributed by atoms with Crippen molar-refractivity contribution in [1.29, 1.82) is 0 Å². The van der Waals surface area contributed by atoms with Crippen LogP contribution in [0.15, 0.2) is 78.9 Å². The van der Waals surface area contributed by atoms with Gasteiger partial charge in [0.1, 0.15) is 23.9 Å². The largest absolute Gasteiger partial charge is 0.489 e. The number of carbonyl (C=O) groups excluding carboxylic acids is 1. The number of hydrogen-bond donors (Lipinski definition) is 0. The van der Waals surface area contributed by atoms with Crippen LogP contribution in [0.4, 0.5) is 0 Å². The van der Waals surface area contributed by atoms with Crippen LogP contribution in [0, 0.1) is 0 Å². The Hall–Kier alpha value is -3.53. The fraction of sp³-hybridized carbons (Fsp3) is 0.222. The highest BCUT2D eigenvalue weighted by Crippen LogP contribution is 2.33. The van der Waals surface area contributed by atoms with Crippen LogP contribution >= 0.6 is 0 Å². The van der Waals surface area contributed by atoms with E-state index in [1.54, 1.807) is 6.08 Å². The zero-order valence-corrected chi connectivity index (χ0v) is 17.7. The summed E-state index contributed by atoms with van der Waals surface area (Å²) in [5.41, 5.74) is 4.40. The van der Waals surface area contributed by atoms with Gasteiger partial charge in [-0.05, 0) is 84.8 Å². The summed E-state index contributed by atoms with van der Waals surface area (Å²) in [6.07, 6.45) is 4.51. The third-order valence-corrected chi connectivity index (χ3v) is 5.18. The van der Waals surface area contributed by atoms with Crippen LogP contribution in [0.5, 0.6) is 17.2 Å². The Kier molecular flexibility index (Phi) is 6.68. The summed E-state index contributed by atoms with van der Waals surface area (Å²) in [5, 5.41) is 0. The summed E-state index contributed by atoms with van der Waals surface area (Å²) in [7, 11) is 0. The summed E-state index contributed by atoms with van der Waals surface area (Å²) in [4.78, 5) is 11.9. The van der Waals surface area contributed by atoms with Gasteiger partial charge in [-0.2, -0.15) is 0 Å². The molecule has 4 rings (SSSR count). The van der Waals surface area contributed by atoms with Crippen LogP contribution in [0.1, 0.15) is 36.5 Å². The summed E-state index contributed by atoms with van der Waals surface area (Å²) in [5.74, 6) is 2.14. The molecule has 0 heterocycles. The minimum absolute atomic E-state index is 0.275. The Balaban J connectivity index is 1.43. The zero-order chi connectivity index (χ0) is 21.5. The van der Waals surface area contributed by atoms with E-state index < -0.39 is 0 Å². The van der Waals surface area contributed by atoms with Gasteiger partial charge in [0, 0.05) is 6.08 Å². The van der Waals surface area contributed by atoms with E-state index in [0.717, 1.165) is 53.2 Å². The number of allylic oxidation sites excluding steroid dienone is 1. The van der Waals surface area contributed by atoms with Gasteiger partial charge in [0.2, 0.25) is 0 Å². The lowest BCUT2D eigenvalue weighted by Gasteiger charge is -2.20. The number of benzene rings is 3. The first kappa shape index (κ1) is 20.7. The number of ether oxygens (including phenoxy) is 3. The number of aryl methyl sites for hydroxylation is 1. The first-order chi connectivity index (χ1) is 15.2. The van der Waals surface area contributed by atoms with E-state index in [1.807, 2.05) is 73.7 Å². The van der Waals surface area contributed by atoms with Crippen molar-refractivity contribution in [3.63, 3.8) is 0 Å². The Labute approximate surface area is 183 Å². The van der Waals surface area contributed by atoms with Gasteiger partial charge < -0.3 is 14.2 Å². The van der Waals surface area contributed by atoms with Gasteiger partial charge in [-0.1, -0.05) is 36.4 Å². The molecule has 0 radical (unpaired) electrons. The van der Waals surface area contributed by atoms with Crippen molar-refractivity contribution in [3.8, 4) is 17.2 Å². The number of esters is 1. The number of hydrogen-bond acceptors (Lipinski definition) is 4. The maximum Gasteiger partial charge on any atom is 0.331 e. The minimum atomic E-state index is -0.275. The van der Waals surface area contributed by atoms with Crippen LogP contribution in [-0.4, -0.2) is 12.6 Å². The van der Waals surface area contributed by atoms with Crippen molar-refractivity contribution in [2.24, 2.45) is 0 Å². The van der Waals surface area contributed by atoms with Crippen molar-refractivity contribution in [2.75, 3.05) is 6.61 Å². The van der Waals surface area contributed by atoms with Gasteiger partial charge in [-0.3, -0.25) is 0 Å².